The van der Waals surface area contributed by atoms with Crippen molar-refractivity contribution in [1.29, 1.82) is 0 Å². The molecule has 1 saturated carbocycles. The molecule has 0 bridgehead atoms. The molecule has 0 spiro atoms. The van der Waals surface area contributed by atoms with Crippen LogP contribution in [0.1, 0.15) is 32.1 Å². The molecule has 2 unspecified atom stereocenters. The first-order valence-corrected chi connectivity index (χ1v) is 5.39. The molecule has 0 amide bonds. The van der Waals surface area contributed by atoms with Gasteiger partial charge in [-0.1, -0.05) is 19.3 Å². The van der Waals surface area contributed by atoms with Gasteiger partial charge in [0.15, 0.2) is 0 Å². The Morgan fingerprint density at radius 1 is 1.21 bits per heavy atom. The van der Waals surface area contributed by atoms with Crippen molar-refractivity contribution in [3.05, 3.63) is 0 Å². The van der Waals surface area contributed by atoms with Crippen molar-refractivity contribution in [3.8, 4) is 0 Å². The van der Waals surface area contributed by atoms with Gasteiger partial charge in [-0.15, -0.1) is 0 Å². The minimum absolute atomic E-state index is 0.0920. The zero-order chi connectivity index (χ0) is 10.2. The van der Waals surface area contributed by atoms with Gasteiger partial charge < -0.3 is 9.84 Å². The maximum atomic E-state index is 9.73. The molecule has 0 aromatic rings. The molecule has 84 valence electrons. The van der Waals surface area contributed by atoms with Crippen LogP contribution in [0.4, 0.5) is 0 Å². The Kier molecular flexibility index (Phi) is 6.10. The number of aliphatic hydroxyl groups excluding tert-OH is 1. The summed E-state index contributed by atoms with van der Waals surface area (Å²) in [7, 11) is 1.64. The maximum Gasteiger partial charge on any atom is 0.0916 e. The molecule has 2 atom stereocenters. The lowest BCUT2D eigenvalue weighted by atomic mass is 10.1. The Bertz CT molecular complexity index is 143. The van der Waals surface area contributed by atoms with Crippen LogP contribution in [0.5, 0.6) is 0 Å². The molecular weight excluding hydrogens is 182 g/mol. The van der Waals surface area contributed by atoms with Gasteiger partial charge in [0, 0.05) is 7.11 Å². The van der Waals surface area contributed by atoms with Gasteiger partial charge in [-0.05, 0) is 12.8 Å². The second-order valence-corrected chi connectivity index (χ2v) is 3.77. The molecule has 14 heavy (non-hydrogen) atoms. The largest absolute Gasteiger partial charge is 0.391 e. The second kappa shape index (κ2) is 7.17. The summed E-state index contributed by atoms with van der Waals surface area (Å²) in [6.45, 7) is 1.11. The fourth-order valence-electron chi connectivity index (χ4n) is 1.72. The summed E-state index contributed by atoms with van der Waals surface area (Å²) in [4.78, 5) is 5.20. The lowest BCUT2D eigenvalue weighted by Crippen LogP contribution is -2.39. The zero-order valence-corrected chi connectivity index (χ0v) is 8.87. The summed E-state index contributed by atoms with van der Waals surface area (Å²) in [6.07, 6.45) is 5.12. The zero-order valence-electron chi connectivity index (χ0n) is 8.87. The van der Waals surface area contributed by atoms with E-state index in [1.807, 2.05) is 0 Å². The number of rotatable bonds is 5. The van der Waals surface area contributed by atoms with Crippen LogP contribution in [0.15, 0.2) is 0 Å². The van der Waals surface area contributed by atoms with E-state index in [2.05, 4.69) is 5.48 Å². The van der Waals surface area contributed by atoms with E-state index in [4.69, 9.17) is 9.57 Å². The molecule has 0 radical (unpaired) electrons. The lowest BCUT2D eigenvalue weighted by Gasteiger charge is -2.21. The van der Waals surface area contributed by atoms with Crippen LogP contribution in [-0.4, -0.2) is 37.6 Å². The highest BCUT2D eigenvalue weighted by Crippen LogP contribution is 2.17. The summed E-state index contributed by atoms with van der Waals surface area (Å²) in [5, 5.41) is 9.73. The Morgan fingerprint density at radius 2 is 2.00 bits per heavy atom. The number of ether oxygens (including phenoxy) is 1. The number of methoxy groups -OCH3 is 1. The average Bonchev–Trinajstić information content (AvgIpc) is 2.39. The van der Waals surface area contributed by atoms with Crippen LogP contribution in [-0.2, 0) is 9.57 Å². The van der Waals surface area contributed by atoms with Gasteiger partial charge >= 0.3 is 0 Å². The van der Waals surface area contributed by atoms with Crippen LogP contribution in [0.25, 0.3) is 0 Å². The molecule has 0 aliphatic heterocycles. The van der Waals surface area contributed by atoms with Crippen LogP contribution < -0.4 is 5.48 Å². The van der Waals surface area contributed by atoms with E-state index in [-0.39, 0.29) is 12.1 Å². The van der Waals surface area contributed by atoms with Gasteiger partial charge in [-0.25, -0.2) is 0 Å². The van der Waals surface area contributed by atoms with Crippen molar-refractivity contribution in [3.63, 3.8) is 0 Å². The Hall–Kier alpha value is -0.160. The highest BCUT2D eigenvalue weighted by Gasteiger charge is 2.21. The van der Waals surface area contributed by atoms with E-state index in [0.29, 0.717) is 13.2 Å². The molecule has 4 nitrogen and oxygen atoms in total. The SMILES string of the molecule is COCCONC1CCCCCC1O. The van der Waals surface area contributed by atoms with E-state index < -0.39 is 0 Å². The van der Waals surface area contributed by atoms with Gasteiger partial charge in [0.05, 0.1) is 25.4 Å². The molecule has 0 aromatic heterocycles. The summed E-state index contributed by atoms with van der Waals surface area (Å²) in [5.74, 6) is 0. The highest BCUT2D eigenvalue weighted by atomic mass is 16.7. The molecule has 0 heterocycles. The van der Waals surface area contributed by atoms with Gasteiger partial charge in [-0.2, -0.15) is 5.48 Å². The minimum Gasteiger partial charge on any atom is -0.391 e. The molecular formula is C10H21NO3. The van der Waals surface area contributed by atoms with Gasteiger partial charge in [0.2, 0.25) is 0 Å². The van der Waals surface area contributed by atoms with E-state index in [1.165, 1.54) is 12.8 Å². The van der Waals surface area contributed by atoms with Crippen molar-refractivity contribution >= 4 is 0 Å². The summed E-state index contributed by atoms with van der Waals surface area (Å²) < 4.78 is 4.86. The fourth-order valence-corrected chi connectivity index (χ4v) is 1.72. The third-order valence-corrected chi connectivity index (χ3v) is 2.60. The average molecular weight is 203 g/mol. The molecule has 2 N–H and O–H groups in total. The smallest absolute Gasteiger partial charge is 0.0916 e. The van der Waals surface area contributed by atoms with Crippen LogP contribution in [0.3, 0.4) is 0 Å². The molecule has 1 aliphatic rings. The first kappa shape index (κ1) is 11.9. The Balaban J connectivity index is 2.13. The Morgan fingerprint density at radius 3 is 2.79 bits per heavy atom. The molecule has 0 aromatic carbocycles. The second-order valence-electron chi connectivity index (χ2n) is 3.77. The first-order chi connectivity index (χ1) is 6.84. The van der Waals surface area contributed by atoms with Crippen molar-refractivity contribution in [2.24, 2.45) is 0 Å². The molecule has 1 fully saturated rings. The van der Waals surface area contributed by atoms with Crippen molar-refractivity contribution < 1.29 is 14.7 Å². The topological polar surface area (TPSA) is 50.7 Å². The molecule has 1 aliphatic carbocycles. The van der Waals surface area contributed by atoms with E-state index in [0.717, 1.165) is 19.3 Å². The van der Waals surface area contributed by atoms with Crippen molar-refractivity contribution in [2.75, 3.05) is 20.3 Å². The highest BCUT2D eigenvalue weighted by molar-refractivity contribution is 4.75. The van der Waals surface area contributed by atoms with Crippen molar-refractivity contribution in [2.45, 2.75) is 44.2 Å². The lowest BCUT2D eigenvalue weighted by molar-refractivity contribution is -0.0415. The summed E-state index contributed by atoms with van der Waals surface area (Å²) >= 11 is 0. The fraction of sp³-hybridized carbons (Fsp3) is 1.00. The number of hydroxylamine groups is 1. The number of hydrogen-bond donors (Lipinski definition) is 2. The van der Waals surface area contributed by atoms with Crippen LogP contribution in [0, 0.1) is 0 Å². The van der Waals surface area contributed by atoms with Gasteiger partial charge in [0.1, 0.15) is 0 Å². The quantitative estimate of drug-likeness (QED) is 0.395. The first-order valence-electron chi connectivity index (χ1n) is 5.39. The number of aliphatic hydroxyl groups is 1. The Labute approximate surface area is 85.5 Å². The van der Waals surface area contributed by atoms with E-state index in [9.17, 15) is 5.11 Å². The van der Waals surface area contributed by atoms with Crippen molar-refractivity contribution in [1.82, 2.24) is 5.48 Å². The molecule has 4 heteroatoms. The van der Waals surface area contributed by atoms with Crippen LogP contribution >= 0.6 is 0 Å². The number of nitrogens with one attached hydrogen (secondary N) is 1. The third-order valence-electron chi connectivity index (χ3n) is 2.60. The van der Waals surface area contributed by atoms with E-state index >= 15 is 0 Å². The van der Waals surface area contributed by atoms with Gasteiger partial charge in [0.25, 0.3) is 0 Å². The van der Waals surface area contributed by atoms with Crippen LogP contribution in [0.2, 0.25) is 0 Å². The minimum atomic E-state index is -0.264. The summed E-state index contributed by atoms with van der Waals surface area (Å²) in [6, 6.07) is 0.0920. The van der Waals surface area contributed by atoms with Gasteiger partial charge in [-0.3, -0.25) is 4.84 Å². The predicted octanol–water partition coefficient (Wildman–Crippen LogP) is 0.848. The molecule has 0 saturated heterocycles. The van der Waals surface area contributed by atoms with E-state index in [1.54, 1.807) is 7.11 Å². The monoisotopic (exact) mass is 203 g/mol. The molecule has 1 rings (SSSR count). The number of hydrogen-bond acceptors (Lipinski definition) is 4. The standard InChI is InChI=1S/C10H21NO3/c1-13-7-8-14-11-9-5-3-2-4-6-10(9)12/h9-12H,2-8H2,1H3. The summed E-state index contributed by atoms with van der Waals surface area (Å²) in [5.41, 5.74) is 2.92. The third kappa shape index (κ3) is 4.37. The maximum absolute atomic E-state index is 9.73. The normalized spacial score (nSPS) is 28.7. The predicted molar refractivity (Wildman–Crippen MR) is 53.8 cm³/mol.